The minimum atomic E-state index is -4.63. The number of nitrogens with zero attached hydrogens (tertiary/aromatic N) is 1. The van der Waals surface area contributed by atoms with E-state index in [2.05, 4.69) is 37.0 Å². The molecule has 0 fully saturated rings. The average Bonchev–Trinajstić information content (AvgIpc) is 2.50. The molecule has 0 aliphatic carbocycles. The molecule has 1 aromatic rings. The van der Waals surface area contributed by atoms with Gasteiger partial charge in [0.15, 0.2) is 0 Å². The first-order valence-electron chi connectivity index (χ1n) is 7.42. The molecular weight excluding hydrogens is 506 g/mol. The fourth-order valence-corrected chi connectivity index (χ4v) is 2.21. The first kappa shape index (κ1) is 23.1. The third kappa shape index (κ3) is 8.64. The molecule has 10 heteroatoms. The standard InChI is InChI=1S/C16H17Br2ClF3NO3/c1-10(2)23-26-6-3-5-25-15-12(16(20,21)22)8-11(9-13(15)19)24-7-4-14(17)18/h4,8-9H,3,5-7H2,1-2H3. The molecule has 0 atom stereocenters. The van der Waals surface area contributed by atoms with Crippen molar-refractivity contribution in [3.63, 3.8) is 0 Å². The number of halogens is 6. The zero-order valence-corrected chi connectivity index (χ0v) is 17.9. The normalized spacial score (nSPS) is 10.9. The van der Waals surface area contributed by atoms with Crippen molar-refractivity contribution < 1.29 is 27.5 Å². The van der Waals surface area contributed by atoms with Crippen molar-refractivity contribution in [2.45, 2.75) is 26.4 Å². The van der Waals surface area contributed by atoms with Gasteiger partial charge in [-0.3, -0.25) is 0 Å². The molecule has 0 aliphatic heterocycles. The maximum absolute atomic E-state index is 13.3. The molecule has 1 rings (SSSR count). The lowest BCUT2D eigenvalue weighted by Crippen LogP contribution is -2.11. The maximum Gasteiger partial charge on any atom is 0.420 e. The highest BCUT2D eigenvalue weighted by molar-refractivity contribution is 9.28. The summed E-state index contributed by atoms with van der Waals surface area (Å²) in [4.78, 5) is 4.96. The summed E-state index contributed by atoms with van der Waals surface area (Å²) in [5.74, 6) is -0.442. The van der Waals surface area contributed by atoms with E-state index in [9.17, 15) is 13.2 Å². The number of benzene rings is 1. The van der Waals surface area contributed by atoms with Gasteiger partial charge in [0, 0.05) is 12.5 Å². The van der Waals surface area contributed by atoms with Crippen LogP contribution in [-0.2, 0) is 11.0 Å². The topological polar surface area (TPSA) is 40.0 Å². The highest BCUT2D eigenvalue weighted by Crippen LogP contribution is 2.43. The first-order chi connectivity index (χ1) is 12.1. The third-order valence-corrected chi connectivity index (χ3v) is 3.61. The first-order valence-corrected chi connectivity index (χ1v) is 9.38. The number of hydrogen-bond acceptors (Lipinski definition) is 4. The van der Waals surface area contributed by atoms with Crippen LogP contribution in [0.2, 0.25) is 5.02 Å². The predicted octanol–water partition coefficient (Wildman–Crippen LogP) is 6.55. The summed E-state index contributed by atoms with van der Waals surface area (Å²) in [5.41, 5.74) is -0.254. The Labute approximate surface area is 171 Å². The second-order valence-corrected chi connectivity index (χ2v) is 8.34. The van der Waals surface area contributed by atoms with Crippen LogP contribution in [0.1, 0.15) is 25.8 Å². The molecule has 26 heavy (non-hydrogen) atoms. The number of ether oxygens (including phenoxy) is 2. The van der Waals surface area contributed by atoms with Gasteiger partial charge in [0.05, 0.1) is 20.7 Å². The molecule has 4 nitrogen and oxygen atoms in total. The van der Waals surface area contributed by atoms with Crippen molar-refractivity contribution in [2.75, 3.05) is 19.8 Å². The Hall–Kier alpha value is -0.930. The van der Waals surface area contributed by atoms with Crippen LogP contribution >= 0.6 is 43.5 Å². The molecule has 0 radical (unpaired) electrons. The molecule has 0 bridgehead atoms. The van der Waals surface area contributed by atoms with Crippen LogP contribution in [-0.4, -0.2) is 25.5 Å². The second-order valence-electron chi connectivity index (χ2n) is 5.16. The van der Waals surface area contributed by atoms with Gasteiger partial charge in [-0.05, 0) is 57.8 Å². The van der Waals surface area contributed by atoms with Crippen LogP contribution < -0.4 is 9.47 Å². The van der Waals surface area contributed by atoms with Gasteiger partial charge in [-0.2, -0.15) is 13.2 Å². The van der Waals surface area contributed by atoms with Crippen molar-refractivity contribution in [3.05, 3.63) is 32.2 Å². The predicted molar refractivity (Wildman–Crippen MR) is 103 cm³/mol. The van der Waals surface area contributed by atoms with Gasteiger partial charge in [0.2, 0.25) is 0 Å². The Kier molecular flexibility index (Phi) is 9.81. The number of oxime groups is 1. The third-order valence-electron chi connectivity index (χ3n) is 2.68. The Morgan fingerprint density at radius 2 is 1.88 bits per heavy atom. The minimum Gasteiger partial charge on any atom is -0.491 e. The minimum absolute atomic E-state index is 0.000553. The summed E-state index contributed by atoms with van der Waals surface area (Å²) in [5, 5.41) is 3.54. The Morgan fingerprint density at radius 1 is 1.19 bits per heavy atom. The van der Waals surface area contributed by atoms with E-state index in [0.29, 0.717) is 9.81 Å². The molecule has 0 N–H and O–H groups in total. The lowest BCUT2D eigenvalue weighted by Gasteiger charge is -2.17. The van der Waals surface area contributed by atoms with Gasteiger partial charge in [0.25, 0.3) is 0 Å². The van der Waals surface area contributed by atoms with Crippen molar-refractivity contribution >= 4 is 49.2 Å². The van der Waals surface area contributed by atoms with Crippen molar-refractivity contribution in [1.29, 1.82) is 0 Å². The Morgan fingerprint density at radius 3 is 2.46 bits per heavy atom. The van der Waals surface area contributed by atoms with Crippen molar-refractivity contribution in [2.24, 2.45) is 5.16 Å². The number of alkyl halides is 3. The van der Waals surface area contributed by atoms with E-state index in [4.69, 9.17) is 25.9 Å². The van der Waals surface area contributed by atoms with Crippen molar-refractivity contribution in [1.82, 2.24) is 0 Å². The zero-order chi connectivity index (χ0) is 19.7. The van der Waals surface area contributed by atoms with Gasteiger partial charge in [-0.1, -0.05) is 16.8 Å². The molecule has 1 aromatic carbocycles. The lowest BCUT2D eigenvalue weighted by molar-refractivity contribution is -0.139. The molecule has 0 saturated heterocycles. The van der Waals surface area contributed by atoms with Crippen molar-refractivity contribution in [3.8, 4) is 11.5 Å². The SMILES string of the molecule is CC(C)=NOCCCOc1c(Cl)cc(OCC=C(Br)Br)cc1C(F)(F)F. The van der Waals surface area contributed by atoms with Crippen LogP contribution in [0.4, 0.5) is 13.2 Å². The smallest absolute Gasteiger partial charge is 0.420 e. The summed E-state index contributed by atoms with van der Waals surface area (Å²) in [6.45, 7) is 3.82. The Balaban J connectivity index is 2.83. The molecule has 0 spiro atoms. The molecular formula is C16H17Br2ClF3NO3. The van der Waals surface area contributed by atoms with E-state index in [1.165, 1.54) is 6.07 Å². The van der Waals surface area contributed by atoms with Crippen LogP contribution in [0.25, 0.3) is 0 Å². The average molecular weight is 524 g/mol. The molecule has 0 amide bonds. The number of hydrogen-bond donors (Lipinski definition) is 0. The van der Waals surface area contributed by atoms with E-state index in [0.717, 1.165) is 11.8 Å². The lowest BCUT2D eigenvalue weighted by atomic mass is 10.1. The van der Waals surface area contributed by atoms with Gasteiger partial charge in [0.1, 0.15) is 30.3 Å². The van der Waals surface area contributed by atoms with Crippen LogP contribution in [0, 0.1) is 0 Å². The molecule has 0 aliphatic rings. The van der Waals surface area contributed by atoms with E-state index in [-0.39, 0.29) is 30.6 Å². The van der Waals surface area contributed by atoms with E-state index < -0.39 is 17.5 Å². The quantitative estimate of drug-likeness (QED) is 0.209. The highest BCUT2D eigenvalue weighted by Gasteiger charge is 2.36. The van der Waals surface area contributed by atoms with Gasteiger partial charge in [-0.15, -0.1) is 0 Å². The van der Waals surface area contributed by atoms with E-state index in [1.807, 2.05) is 0 Å². The van der Waals surface area contributed by atoms with Gasteiger partial charge in [-0.25, -0.2) is 0 Å². The summed E-state index contributed by atoms with van der Waals surface area (Å²) in [7, 11) is 0. The molecule has 0 unspecified atom stereocenters. The summed E-state index contributed by atoms with van der Waals surface area (Å²) in [6, 6.07) is 2.14. The zero-order valence-electron chi connectivity index (χ0n) is 14.0. The van der Waals surface area contributed by atoms with E-state index in [1.54, 1.807) is 19.9 Å². The van der Waals surface area contributed by atoms with Crippen LogP contribution in [0.15, 0.2) is 26.8 Å². The number of rotatable bonds is 9. The van der Waals surface area contributed by atoms with Gasteiger partial charge < -0.3 is 14.3 Å². The van der Waals surface area contributed by atoms with E-state index >= 15 is 0 Å². The second kappa shape index (κ2) is 11.0. The Bertz CT molecular complexity index is 659. The molecule has 0 aromatic heterocycles. The fourth-order valence-electron chi connectivity index (χ4n) is 1.68. The van der Waals surface area contributed by atoms with Crippen LogP contribution in [0.5, 0.6) is 11.5 Å². The van der Waals surface area contributed by atoms with Crippen LogP contribution in [0.3, 0.4) is 0 Å². The maximum atomic E-state index is 13.3. The molecule has 0 heterocycles. The highest BCUT2D eigenvalue weighted by atomic mass is 79.9. The monoisotopic (exact) mass is 521 g/mol. The fraction of sp³-hybridized carbons (Fsp3) is 0.438. The largest absolute Gasteiger partial charge is 0.491 e. The molecule has 146 valence electrons. The summed E-state index contributed by atoms with van der Waals surface area (Å²) < 4.78 is 51.1. The summed E-state index contributed by atoms with van der Waals surface area (Å²) >= 11 is 12.2. The molecule has 0 saturated carbocycles. The summed E-state index contributed by atoms with van der Waals surface area (Å²) in [6.07, 6.45) is -2.69. The van der Waals surface area contributed by atoms with Gasteiger partial charge >= 0.3 is 6.18 Å².